The Morgan fingerprint density at radius 1 is 1.45 bits per heavy atom. The Bertz CT molecular complexity index is 525. The molecule has 6 nitrogen and oxygen atoms in total. The maximum atomic E-state index is 11.9. The average Bonchev–Trinajstić information content (AvgIpc) is 2.42. The molecule has 1 aliphatic heterocycles. The van der Waals surface area contributed by atoms with E-state index in [1.807, 2.05) is 6.92 Å². The highest BCUT2D eigenvalue weighted by atomic mass is 16.5. The van der Waals surface area contributed by atoms with Gasteiger partial charge in [0.1, 0.15) is 11.7 Å². The van der Waals surface area contributed by atoms with Crippen LogP contribution in [0.1, 0.15) is 35.7 Å². The molecule has 0 saturated carbocycles. The van der Waals surface area contributed by atoms with Crippen molar-refractivity contribution in [3.8, 4) is 17.2 Å². The van der Waals surface area contributed by atoms with Crippen LogP contribution in [0.4, 0.5) is 0 Å². The minimum atomic E-state index is -0.699. The van der Waals surface area contributed by atoms with Gasteiger partial charge in [-0.15, -0.1) is 0 Å². The minimum absolute atomic E-state index is 0.0365. The second-order valence-corrected chi connectivity index (χ2v) is 4.84. The van der Waals surface area contributed by atoms with Crippen LogP contribution in [-0.2, 0) is 11.2 Å². The van der Waals surface area contributed by atoms with Crippen molar-refractivity contribution in [2.45, 2.75) is 38.4 Å². The van der Waals surface area contributed by atoms with Gasteiger partial charge in [-0.1, -0.05) is 6.92 Å². The SMILES string of the molecule is CCC(O)CC1Cc2cc(OC)c(O)c(O)c2C(=O)O1. The van der Waals surface area contributed by atoms with Gasteiger partial charge in [-0.05, 0) is 18.1 Å². The first-order valence-electron chi connectivity index (χ1n) is 6.48. The Kier molecular flexibility index (Phi) is 4.04. The molecule has 0 spiro atoms. The number of rotatable bonds is 4. The lowest BCUT2D eigenvalue weighted by Gasteiger charge is -2.27. The summed E-state index contributed by atoms with van der Waals surface area (Å²) in [5.41, 5.74) is 0.507. The number of aromatic hydroxyl groups is 2. The Labute approximate surface area is 116 Å². The summed E-state index contributed by atoms with van der Waals surface area (Å²) >= 11 is 0. The van der Waals surface area contributed by atoms with Crippen molar-refractivity contribution in [1.29, 1.82) is 0 Å². The van der Waals surface area contributed by atoms with E-state index in [1.165, 1.54) is 13.2 Å². The van der Waals surface area contributed by atoms with Gasteiger partial charge in [-0.2, -0.15) is 0 Å². The lowest BCUT2D eigenvalue weighted by molar-refractivity contribution is 0.00936. The number of carbonyl (C=O) groups is 1. The average molecular weight is 282 g/mol. The molecule has 2 atom stereocenters. The van der Waals surface area contributed by atoms with Crippen molar-refractivity contribution in [3.63, 3.8) is 0 Å². The van der Waals surface area contributed by atoms with Crippen molar-refractivity contribution in [2.24, 2.45) is 0 Å². The molecular formula is C14H18O6. The summed E-state index contributed by atoms with van der Waals surface area (Å²) in [6.07, 6.45) is 0.291. The molecule has 0 radical (unpaired) electrons. The smallest absolute Gasteiger partial charge is 0.342 e. The molecule has 1 aromatic rings. The lowest BCUT2D eigenvalue weighted by Crippen LogP contribution is -2.31. The molecule has 0 bridgehead atoms. The highest BCUT2D eigenvalue weighted by molar-refractivity contribution is 5.96. The van der Waals surface area contributed by atoms with Gasteiger partial charge in [0.15, 0.2) is 11.5 Å². The Morgan fingerprint density at radius 3 is 2.75 bits per heavy atom. The summed E-state index contributed by atoms with van der Waals surface area (Å²) in [5, 5.41) is 29.2. The Morgan fingerprint density at radius 2 is 2.15 bits per heavy atom. The van der Waals surface area contributed by atoms with Gasteiger partial charge in [-0.3, -0.25) is 0 Å². The number of aliphatic hydroxyl groups excluding tert-OH is 1. The fraction of sp³-hybridized carbons (Fsp3) is 0.500. The number of phenolic OH excluding ortho intramolecular Hbond substituents is 2. The Balaban J connectivity index is 2.35. The number of esters is 1. The van der Waals surface area contributed by atoms with Gasteiger partial charge in [0.05, 0.1) is 13.2 Å². The van der Waals surface area contributed by atoms with Crippen LogP contribution in [0.3, 0.4) is 0 Å². The molecule has 0 saturated heterocycles. The van der Waals surface area contributed by atoms with E-state index in [1.54, 1.807) is 0 Å². The maximum absolute atomic E-state index is 11.9. The van der Waals surface area contributed by atoms with E-state index in [4.69, 9.17) is 9.47 Å². The quantitative estimate of drug-likeness (QED) is 0.570. The maximum Gasteiger partial charge on any atom is 0.342 e. The summed E-state index contributed by atoms with van der Waals surface area (Å²) in [4.78, 5) is 11.9. The number of fused-ring (bicyclic) bond motifs is 1. The topological polar surface area (TPSA) is 96.2 Å². The molecule has 1 aliphatic rings. The fourth-order valence-corrected chi connectivity index (χ4v) is 2.33. The molecule has 0 fully saturated rings. The van der Waals surface area contributed by atoms with E-state index in [-0.39, 0.29) is 11.3 Å². The zero-order chi connectivity index (χ0) is 14.9. The summed E-state index contributed by atoms with van der Waals surface area (Å²) < 4.78 is 10.1. The standard InChI is InChI=1S/C14H18O6/c1-3-8(15)6-9-4-7-5-10(19-2)12(16)13(17)11(7)14(18)20-9/h5,8-9,15-17H,3-4,6H2,1-2H3. The van der Waals surface area contributed by atoms with Gasteiger partial charge in [0.25, 0.3) is 0 Å². The van der Waals surface area contributed by atoms with Gasteiger partial charge < -0.3 is 24.8 Å². The largest absolute Gasteiger partial charge is 0.504 e. The third kappa shape index (κ3) is 2.51. The number of phenols is 2. The number of hydrogen-bond acceptors (Lipinski definition) is 6. The van der Waals surface area contributed by atoms with E-state index in [0.717, 1.165) is 0 Å². The van der Waals surface area contributed by atoms with Crippen LogP contribution >= 0.6 is 0 Å². The third-order valence-electron chi connectivity index (χ3n) is 3.47. The molecule has 6 heteroatoms. The summed E-state index contributed by atoms with van der Waals surface area (Å²) in [5.74, 6) is -1.60. The van der Waals surface area contributed by atoms with Crippen LogP contribution in [0, 0.1) is 0 Å². The summed E-state index contributed by atoms with van der Waals surface area (Å²) in [7, 11) is 1.36. The number of methoxy groups -OCH3 is 1. The lowest BCUT2D eigenvalue weighted by atomic mass is 9.94. The van der Waals surface area contributed by atoms with E-state index in [9.17, 15) is 20.1 Å². The van der Waals surface area contributed by atoms with Gasteiger partial charge in [0.2, 0.25) is 5.75 Å². The van der Waals surface area contributed by atoms with Crippen LogP contribution in [0.2, 0.25) is 0 Å². The van der Waals surface area contributed by atoms with Crippen molar-refractivity contribution < 1.29 is 29.6 Å². The normalized spacial score (nSPS) is 19.1. The summed E-state index contributed by atoms with van der Waals surface area (Å²) in [6, 6.07) is 1.51. The summed E-state index contributed by atoms with van der Waals surface area (Å²) in [6.45, 7) is 1.84. The van der Waals surface area contributed by atoms with Crippen LogP contribution in [0.25, 0.3) is 0 Å². The molecule has 20 heavy (non-hydrogen) atoms. The number of ether oxygens (including phenoxy) is 2. The molecule has 1 heterocycles. The van der Waals surface area contributed by atoms with Gasteiger partial charge >= 0.3 is 5.97 Å². The first-order valence-corrected chi connectivity index (χ1v) is 6.48. The Hall–Kier alpha value is -1.95. The van der Waals surface area contributed by atoms with Crippen molar-refractivity contribution >= 4 is 5.97 Å². The number of benzene rings is 1. The van der Waals surface area contributed by atoms with E-state index < -0.39 is 29.7 Å². The van der Waals surface area contributed by atoms with E-state index >= 15 is 0 Å². The van der Waals surface area contributed by atoms with Crippen molar-refractivity contribution in [1.82, 2.24) is 0 Å². The number of aliphatic hydroxyl groups is 1. The first-order chi connectivity index (χ1) is 9.47. The van der Waals surface area contributed by atoms with E-state index in [2.05, 4.69) is 0 Å². The van der Waals surface area contributed by atoms with Crippen LogP contribution < -0.4 is 4.74 Å². The molecule has 110 valence electrons. The zero-order valence-electron chi connectivity index (χ0n) is 11.4. The number of cyclic esters (lactones) is 1. The molecule has 2 rings (SSSR count). The van der Waals surface area contributed by atoms with Crippen LogP contribution in [-0.4, -0.2) is 40.6 Å². The zero-order valence-corrected chi connectivity index (χ0v) is 11.4. The molecule has 3 N–H and O–H groups in total. The van der Waals surface area contributed by atoms with Crippen LogP contribution in [0.15, 0.2) is 6.07 Å². The number of carbonyl (C=O) groups excluding carboxylic acids is 1. The highest BCUT2D eigenvalue weighted by Crippen LogP contribution is 2.42. The predicted octanol–water partition coefficient (Wildman–Crippen LogP) is 1.35. The second-order valence-electron chi connectivity index (χ2n) is 4.84. The third-order valence-corrected chi connectivity index (χ3v) is 3.47. The molecule has 0 amide bonds. The molecular weight excluding hydrogens is 264 g/mol. The fourth-order valence-electron chi connectivity index (χ4n) is 2.33. The molecule has 0 aliphatic carbocycles. The molecule has 2 unspecified atom stereocenters. The highest BCUT2D eigenvalue weighted by Gasteiger charge is 2.32. The molecule has 1 aromatic carbocycles. The van der Waals surface area contributed by atoms with Crippen LogP contribution in [0.5, 0.6) is 17.2 Å². The minimum Gasteiger partial charge on any atom is -0.504 e. The van der Waals surface area contributed by atoms with Gasteiger partial charge in [-0.25, -0.2) is 4.79 Å². The first kappa shape index (κ1) is 14.5. The van der Waals surface area contributed by atoms with Gasteiger partial charge in [0, 0.05) is 12.8 Å². The second kappa shape index (κ2) is 5.58. The number of hydrogen-bond donors (Lipinski definition) is 3. The monoisotopic (exact) mass is 282 g/mol. The predicted molar refractivity (Wildman–Crippen MR) is 70.1 cm³/mol. The van der Waals surface area contributed by atoms with Crippen molar-refractivity contribution in [2.75, 3.05) is 7.11 Å². The van der Waals surface area contributed by atoms with E-state index in [0.29, 0.717) is 24.8 Å². The van der Waals surface area contributed by atoms with Crippen molar-refractivity contribution in [3.05, 3.63) is 17.2 Å². The molecule has 0 aromatic heterocycles.